The van der Waals surface area contributed by atoms with E-state index in [1.54, 1.807) is 25.1 Å². The lowest BCUT2D eigenvalue weighted by Crippen LogP contribution is -2.15. The Hall–Kier alpha value is -1.44. The van der Waals surface area contributed by atoms with Crippen molar-refractivity contribution < 1.29 is 17.9 Å². The van der Waals surface area contributed by atoms with Gasteiger partial charge in [-0.15, -0.1) is 0 Å². The van der Waals surface area contributed by atoms with Crippen LogP contribution in [0.25, 0.3) is 0 Å². The van der Waals surface area contributed by atoms with Gasteiger partial charge in [-0.2, -0.15) is 0 Å². The zero-order valence-electron chi connectivity index (χ0n) is 11.1. The van der Waals surface area contributed by atoms with E-state index in [2.05, 4.69) is 20.7 Å². The molecule has 0 saturated heterocycles. The summed E-state index contributed by atoms with van der Waals surface area (Å²) in [6.07, 6.45) is 0. The first kappa shape index (κ1) is 15.9. The fourth-order valence-corrected chi connectivity index (χ4v) is 3.33. The smallest absolute Gasteiger partial charge is 0.264 e. The highest BCUT2D eigenvalue weighted by atomic mass is 79.9. The maximum Gasteiger partial charge on any atom is 0.264 e. The minimum atomic E-state index is -4.04. The van der Waals surface area contributed by atoms with Gasteiger partial charge in [0, 0.05) is 4.47 Å². The molecule has 0 amide bonds. The summed E-state index contributed by atoms with van der Waals surface area (Å²) in [5, 5.41) is 8.92. The highest BCUT2D eigenvalue weighted by Crippen LogP contribution is 2.26. The van der Waals surface area contributed by atoms with Gasteiger partial charge in [-0.05, 0) is 42.3 Å². The Morgan fingerprint density at radius 3 is 2.62 bits per heavy atom. The summed E-state index contributed by atoms with van der Waals surface area (Å²) in [4.78, 5) is -0.459. The summed E-state index contributed by atoms with van der Waals surface area (Å²) < 4.78 is 41.5. The van der Waals surface area contributed by atoms with E-state index in [1.165, 1.54) is 6.07 Å². The lowest BCUT2D eigenvalue weighted by molar-refractivity contribution is 0.281. The number of nitrogens with one attached hydrogen (secondary N) is 1. The second-order valence-electron chi connectivity index (χ2n) is 4.44. The third-order valence-electron chi connectivity index (χ3n) is 2.98. The number of aliphatic hydroxyl groups excluding tert-OH is 1. The fourth-order valence-electron chi connectivity index (χ4n) is 1.78. The van der Waals surface area contributed by atoms with Crippen LogP contribution in [0, 0.1) is 12.7 Å². The molecule has 2 N–H and O–H groups in total. The van der Waals surface area contributed by atoms with Crippen molar-refractivity contribution in [1.82, 2.24) is 0 Å². The summed E-state index contributed by atoms with van der Waals surface area (Å²) >= 11 is 3.31. The molecule has 0 aliphatic rings. The van der Waals surface area contributed by atoms with Gasteiger partial charge in [0.2, 0.25) is 0 Å². The highest BCUT2D eigenvalue weighted by Gasteiger charge is 2.20. The molecule has 0 fully saturated rings. The van der Waals surface area contributed by atoms with Crippen LogP contribution in [0.1, 0.15) is 11.1 Å². The van der Waals surface area contributed by atoms with E-state index in [1.807, 2.05) is 0 Å². The van der Waals surface area contributed by atoms with Gasteiger partial charge < -0.3 is 5.11 Å². The Morgan fingerprint density at radius 1 is 1.29 bits per heavy atom. The molecule has 2 rings (SSSR count). The molecule has 0 saturated carbocycles. The van der Waals surface area contributed by atoms with E-state index >= 15 is 0 Å². The number of aliphatic hydroxyl groups is 1. The number of hydrogen-bond acceptors (Lipinski definition) is 3. The molecule has 0 aliphatic heterocycles. The maximum absolute atomic E-state index is 13.9. The van der Waals surface area contributed by atoms with Crippen LogP contribution in [0.15, 0.2) is 45.8 Å². The predicted octanol–water partition coefficient (Wildman–Crippen LogP) is 3.19. The maximum atomic E-state index is 13.9. The van der Waals surface area contributed by atoms with Crippen molar-refractivity contribution in [2.45, 2.75) is 18.4 Å². The summed E-state index contributed by atoms with van der Waals surface area (Å²) in [5.41, 5.74) is 1.38. The van der Waals surface area contributed by atoms with Gasteiger partial charge in [-0.1, -0.05) is 28.1 Å². The van der Waals surface area contributed by atoms with Crippen LogP contribution in [0.5, 0.6) is 0 Å². The molecular formula is C14H13BrFNO3S. The van der Waals surface area contributed by atoms with Gasteiger partial charge in [0.1, 0.15) is 10.7 Å². The Bertz CT molecular complexity index is 778. The molecule has 0 bridgehead atoms. The second-order valence-corrected chi connectivity index (χ2v) is 6.95. The van der Waals surface area contributed by atoms with Crippen LogP contribution >= 0.6 is 15.9 Å². The molecule has 0 radical (unpaired) electrons. The number of sulfonamides is 1. The molecule has 0 unspecified atom stereocenters. The first-order valence-electron chi connectivity index (χ1n) is 6.02. The number of benzene rings is 2. The van der Waals surface area contributed by atoms with E-state index in [9.17, 15) is 12.8 Å². The Kier molecular flexibility index (Phi) is 4.65. The van der Waals surface area contributed by atoms with Gasteiger partial charge in [0.25, 0.3) is 10.0 Å². The van der Waals surface area contributed by atoms with E-state index in [0.717, 1.165) is 16.6 Å². The third-order valence-corrected chi connectivity index (χ3v) is 5.24. The molecule has 0 aliphatic carbocycles. The molecule has 112 valence electrons. The number of halogens is 2. The van der Waals surface area contributed by atoms with Crippen molar-refractivity contribution in [3.05, 3.63) is 57.8 Å². The third kappa shape index (κ3) is 3.42. The van der Waals surface area contributed by atoms with Gasteiger partial charge in [0.15, 0.2) is 0 Å². The zero-order valence-corrected chi connectivity index (χ0v) is 13.5. The minimum absolute atomic E-state index is 0.310. The highest BCUT2D eigenvalue weighted by molar-refractivity contribution is 9.10. The fraction of sp³-hybridized carbons (Fsp3) is 0.143. The van der Waals surface area contributed by atoms with E-state index < -0.39 is 20.7 Å². The normalized spacial score (nSPS) is 11.4. The molecule has 4 nitrogen and oxygen atoms in total. The molecule has 0 aromatic heterocycles. The van der Waals surface area contributed by atoms with Gasteiger partial charge in [0.05, 0.1) is 12.3 Å². The van der Waals surface area contributed by atoms with Crippen molar-refractivity contribution in [2.24, 2.45) is 0 Å². The summed E-state index contributed by atoms with van der Waals surface area (Å²) in [7, 11) is -4.04. The van der Waals surface area contributed by atoms with Crippen LogP contribution < -0.4 is 4.72 Å². The largest absolute Gasteiger partial charge is 0.392 e. The number of anilines is 1. The van der Waals surface area contributed by atoms with E-state index in [4.69, 9.17) is 5.11 Å². The van der Waals surface area contributed by atoms with Crippen LogP contribution in [0.2, 0.25) is 0 Å². The first-order valence-corrected chi connectivity index (χ1v) is 8.30. The van der Waals surface area contributed by atoms with Crippen LogP contribution in [0.4, 0.5) is 10.1 Å². The molecular weight excluding hydrogens is 361 g/mol. The quantitative estimate of drug-likeness (QED) is 0.864. The van der Waals surface area contributed by atoms with Gasteiger partial charge in [-0.25, -0.2) is 12.8 Å². The van der Waals surface area contributed by atoms with Crippen LogP contribution in [-0.2, 0) is 16.6 Å². The SMILES string of the molecule is Cc1c(Br)cccc1NS(=O)(=O)c1ccc(CO)cc1F. The average Bonchev–Trinajstić information content (AvgIpc) is 2.43. The van der Waals surface area contributed by atoms with Crippen molar-refractivity contribution in [3.63, 3.8) is 0 Å². The molecule has 21 heavy (non-hydrogen) atoms. The van der Waals surface area contributed by atoms with Crippen molar-refractivity contribution in [2.75, 3.05) is 4.72 Å². The minimum Gasteiger partial charge on any atom is -0.392 e. The number of hydrogen-bond donors (Lipinski definition) is 2. The molecule has 0 atom stereocenters. The van der Waals surface area contributed by atoms with E-state index in [0.29, 0.717) is 16.8 Å². The standard InChI is InChI=1S/C14H13BrFNO3S/c1-9-11(15)3-2-4-13(9)17-21(19,20)14-6-5-10(8-18)7-12(14)16/h2-7,17-18H,8H2,1H3. The van der Waals surface area contributed by atoms with Gasteiger partial charge >= 0.3 is 0 Å². The average molecular weight is 374 g/mol. The molecule has 7 heteroatoms. The Labute approximate surface area is 130 Å². The zero-order chi connectivity index (χ0) is 15.6. The summed E-state index contributed by atoms with van der Waals surface area (Å²) in [5.74, 6) is -0.901. The Morgan fingerprint density at radius 2 is 2.00 bits per heavy atom. The number of rotatable bonds is 4. The van der Waals surface area contributed by atoms with Crippen molar-refractivity contribution in [1.29, 1.82) is 0 Å². The topological polar surface area (TPSA) is 66.4 Å². The first-order chi connectivity index (χ1) is 9.85. The predicted molar refractivity (Wildman–Crippen MR) is 82.0 cm³/mol. The lowest BCUT2D eigenvalue weighted by Gasteiger charge is -2.12. The summed E-state index contributed by atoms with van der Waals surface area (Å²) in [6, 6.07) is 8.56. The van der Waals surface area contributed by atoms with Crippen LogP contribution in [-0.4, -0.2) is 13.5 Å². The second kappa shape index (κ2) is 6.13. The van der Waals surface area contributed by atoms with E-state index in [-0.39, 0.29) is 6.61 Å². The lowest BCUT2D eigenvalue weighted by atomic mass is 10.2. The van der Waals surface area contributed by atoms with Gasteiger partial charge in [-0.3, -0.25) is 4.72 Å². The van der Waals surface area contributed by atoms with Crippen molar-refractivity contribution in [3.8, 4) is 0 Å². The monoisotopic (exact) mass is 373 g/mol. The Balaban J connectivity index is 2.41. The molecule has 0 heterocycles. The molecule has 0 spiro atoms. The van der Waals surface area contributed by atoms with Crippen LogP contribution in [0.3, 0.4) is 0 Å². The molecule has 2 aromatic rings. The molecule has 2 aromatic carbocycles. The summed E-state index contributed by atoms with van der Waals surface area (Å²) in [6.45, 7) is 1.39. The van der Waals surface area contributed by atoms with Crippen molar-refractivity contribution >= 4 is 31.6 Å².